The van der Waals surface area contributed by atoms with E-state index in [2.05, 4.69) is 21.9 Å². The number of rotatable bonds is 3. The lowest BCUT2D eigenvalue weighted by Crippen LogP contribution is -1.97. The van der Waals surface area contributed by atoms with Gasteiger partial charge in [-0.3, -0.25) is 5.48 Å². The number of anilines is 1. The van der Waals surface area contributed by atoms with E-state index in [-0.39, 0.29) is 0 Å². The molecule has 0 amide bonds. The SMILES string of the molecule is OP(O)(=S)ONc1ccccc1. The second kappa shape index (κ2) is 3.98. The monoisotopic (exact) mass is 205 g/mol. The van der Waals surface area contributed by atoms with Crippen molar-refractivity contribution in [1.82, 2.24) is 0 Å². The van der Waals surface area contributed by atoms with Crippen LogP contribution in [0.3, 0.4) is 0 Å². The van der Waals surface area contributed by atoms with E-state index in [4.69, 9.17) is 9.79 Å². The van der Waals surface area contributed by atoms with Crippen LogP contribution in [0, 0.1) is 0 Å². The standard InChI is InChI=1S/C6H8NO3PS/c8-11(9,12)10-7-6-4-2-1-3-5-6/h1-5,7H,(H2,8,9,12). The molecule has 0 unspecified atom stereocenters. The Morgan fingerprint density at radius 2 is 1.83 bits per heavy atom. The number of hydrogen-bond donors (Lipinski definition) is 3. The fourth-order valence-corrected chi connectivity index (χ4v) is 0.954. The molecule has 0 bridgehead atoms. The molecule has 3 N–H and O–H groups in total. The van der Waals surface area contributed by atoms with Gasteiger partial charge in [0.15, 0.2) is 0 Å². The van der Waals surface area contributed by atoms with E-state index in [0.717, 1.165) is 0 Å². The third-order valence-electron chi connectivity index (χ3n) is 1.06. The van der Waals surface area contributed by atoms with Crippen LogP contribution in [0.1, 0.15) is 0 Å². The van der Waals surface area contributed by atoms with Crippen molar-refractivity contribution in [2.24, 2.45) is 0 Å². The van der Waals surface area contributed by atoms with E-state index >= 15 is 0 Å². The summed E-state index contributed by atoms with van der Waals surface area (Å²) in [6.07, 6.45) is 0. The highest BCUT2D eigenvalue weighted by Crippen LogP contribution is 2.36. The van der Waals surface area contributed by atoms with Gasteiger partial charge in [-0.05, 0) is 23.9 Å². The minimum absolute atomic E-state index is 0.620. The Morgan fingerprint density at radius 3 is 2.33 bits per heavy atom. The Hall–Kier alpha value is -0.450. The summed E-state index contributed by atoms with van der Waals surface area (Å²) in [7, 11) is 0. The molecule has 0 heterocycles. The van der Waals surface area contributed by atoms with Gasteiger partial charge in [0, 0.05) is 0 Å². The highest BCUT2D eigenvalue weighted by molar-refractivity contribution is 8.06. The second-order valence-electron chi connectivity index (χ2n) is 2.05. The Balaban J connectivity index is 2.50. The van der Waals surface area contributed by atoms with E-state index in [9.17, 15) is 0 Å². The average molecular weight is 205 g/mol. The van der Waals surface area contributed by atoms with Crippen molar-refractivity contribution in [1.29, 1.82) is 0 Å². The highest BCUT2D eigenvalue weighted by Gasteiger charge is 2.06. The van der Waals surface area contributed by atoms with Gasteiger partial charge >= 0.3 is 6.72 Å². The molecule has 0 spiro atoms. The van der Waals surface area contributed by atoms with Crippen LogP contribution in [-0.4, -0.2) is 9.79 Å². The molecule has 1 rings (SSSR count). The van der Waals surface area contributed by atoms with Gasteiger partial charge in [0.1, 0.15) is 0 Å². The summed E-state index contributed by atoms with van der Waals surface area (Å²) in [5.74, 6) is 0. The molecule has 1 aromatic rings. The predicted molar refractivity (Wildman–Crippen MR) is 49.9 cm³/mol. The zero-order valence-electron chi connectivity index (χ0n) is 6.04. The van der Waals surface area contributed by atoms with E-state index in [1.54, 1.807) is 24.3 Å². The van der Waals surface area contributed by atoms with Gasteiger partial charge in [-0.25, -0.2) is 0 Å². The third-order valence-corrected chi connectivity index (χ3v) is 1.61. The maximum atomic E-state index is 8.68. The van der Waals surface area contributed by atoms with Crippen LogP contribution >= 0.6 is 6.72 Å². The van der Waals surface area contributed by atoms with Crippen molar-refractivity contribution < 1.29 is 14.4 Å². The van der Waals surface area contributed by atoms with Gasteiger partial charge in [-0.2, -0.15) is 4.62 Å². The molecule has 0 saturated heterocycles. The predicted octanol–water partition coefficient (Wildman–Crippen LogP) is 1.24. The normalized spacial score (nSPS) is 11.2. The second-order valence-corrected chi connectivity index (χ2v) is 4.64. The van der Waals surface area contributed by atoms with Crippen LogP contribution in [0.25, 0.3) is 0 Å². The van der Waals surface area contributed by atoms with Crippen LogP contribution in [0.4, 0.5) is 5.69 Å². The third kappa shape index (κ3) is 3.80. The van der Waals surface area contributed by atoms with Crippen molar-refractivity contribution in [3.63, 3.8) is 0 Å². The molecule has 66 valence electrons. The molecular weight excluding hydrogens is 197 g/mol. The number of nitrogens with one attached hydrogen (secondary N) is 1. The van der Waals surface area contributed by atoms with Gasteiger partial charge in [-0.15, -0.1) is 0 Å². The van der Waals surface area contributed by atoms with Crippen LogP contribution < -0.4 is 5.48 Å². The molecule has 6 heteroatoms. The summed E-state index contributed by atoms with van der Waals surface area (Å²) in [6.45, 7) is -3.61. The zero-order valence-corrected chi connectivity index (χ0v) is 7.76. The van der Waals surface area contributed by atoms with Crippen LogP contribution in [0.15, 0.2) is 30.3 Å². The summed E-state index contributed by atoms with van der Waals surface area (Å²) in [5, 5.41) is 0. The first kappa shape index (κ1) is 9.64. The van der Waals surface area contributed by atoms with Crippen molar-refractivity contribution in [2.75, 3.05) is 5.48 Å². The minimum Gasteiger partial charge on any atom is -0.323 e. The number of benzene rings is 1. The van der Waals surface area contributed by atoms with E-state index in [0.29, 0.717) is 5.69 Å². The Kier molecular flexibility index (Phi) is 3.20. The number of para-hydroxylation sites is 1. The van der Waals surface area contributed by atoms with Crippen LogP contribution in [0.5, 0.6) is 0 Å². The lowest BCUT2D eigenvalue weighted by atomic mass is 10.3. The lowest BCUT2D eigenvalue weighted by molar-refractivity contribution is 0.302. The van der Waals surface area contributed by atoms with Gasteiger partial charge in [0.2, 0.25) is 0 Å². The molecule has 0 aliphatic heterocycles. The van der Waals surface area contributed by atoms with Crippen molar-refractivity contribution in [3.05, 3.63) is 30.3 Å². The molecule has 0 aliphatic rings. The largest absolute Gasteiger partial charge is 0.343 e. The quantitative estimate of drug-likeness (QED) is 0.512. The average Bonchev–Trinajstić information content (AvgIpc) is 2.02. The molecule has 4 nitrogen and oxygen atoms in total. The molecule has 12 heavy (non-hydrogen) atoms. The summed E-state index contributed by atoms with van der Waals surface area (Å²) >= 11 is 4.22. The molecule has 0 radical (unpaired) electrons. The molecule has 0 atom stereocenters. The fourth-order valence-electron chi connectivity index (χ4n) is 0.618. The molecule has 0 saturated carbocycles. The molecule has 1 aromatic carbocycles. The molecule has 0 fully saturated rings. The molecule has 0 aromatic heterocycles. The van der Waals surface area contributed by atoms with Gasteiger partial charge in [0.25, 0.3) is 0 Å². The van der Waals surface area contributed by atoms with Gasteiger partial charge in [0.05, 0.1) is 5.69 Å². The Morgan fingerprint density at radius 1 is 1.25 bits per heavy atom. The summed E-state index contributed by atoms with van der Waals surface area (Å²) < 4.78 is 4.40. The summed E-state index contributed by atoms with van der Waals surface area (Å²) in [6, 6.07) is 8.82. The van der Waals surface area contributed by atoms with Crippen LogP contribution in [-0.2, 0) is 16.4 Å². The maximum Gasteiger partial charge on any atom is 0.343 e. The minimum atomic E-state index is -3.61. The fraction of sp³-hybridized carbons (Fsp3) is 0. The van der Waals surface area contributed by atoms with E-state index < -0.39 is 6.72 Å². The summed E-state index contributed by atoms with van der Waals surface area (Å²) in [4.78, 5) is 17.4. The van der Waals surface area contributed by atoms with E-state index in [1.807, 2.05) is 6.07 Å². The first-order chi connectivity index (χ1) is 5.58. The molecule has 0 aliphatic carbocycles. The topological polar surface area (TPSA) is 61.7 Å². The Bertz CT molecular complexity index is 286. The maximum absolute atomic E-state index is 8.68. The number of hydrogen-bond acceptors (Lipinski definition) is 3. The summed E-state index contributed by atoms with van der Waals surface area (Å²) in [5.41, 5.74) is 2.95. The first-order valence-electron chi connectivity index (χ1n) is 3.13. The van der Waals surface area contributed by atoms with Gasteiger partial charge < -0.3 is 9.79 Å². The van der Waals surface area contributed by atoms with Gasteiger partial charge in [-0.1, -0.05) is 18.2 Å². The van der Waals surface area contributed by atoms with Crippen molar-refractivity contribution >= 4 is 24.2 Å². The smallest absolute Gasteiger partial charge is 0.323 e. The lowest BCUT2D eigenvalue weighted by Gasteiger charge is -2.09. The van der Waals surface area contributed by atoms with Crippen molar-refractivity contribution in [2.45, 2.75) is 0 Å². The first-order valence-corrected chi connectivity index (χ1v) is 5.76. The zero-order chi connectivity index (χ0) is 9.03. The molecular formula is C6H8NO3PS. The highest BCUT2D eigenvalue weighted by atomic mass is 32.5. The van der Waals surface area contributed by atoms with Crippen LogP contribution in [0.2, 0.25) is 0 Å². The van der Waals surface area contributed by atoms with E-state index in [1.165, 1.54) is 0 Å². The Labute approximate surface area is 75.0 Å². The van der Waals surface area contributed by atoms with Crippen molar-refractivity contribution in [3.8, 4) is 0 Å².